The molecular formula is C18H29NO6S2. The van der Waals surface area contributed by atoms with Crippen molar-refractivity contribution in [2.45, 2.75) is 69.8 Å². The second kappa shape index (κ2) is 9.68. The van der Waals surface area contributed by atoms with Crippen LogP contribution in [-0.2, 0) is 24.4 Å². The molecule has 0 aliphatic rings. The number of hydrogen-bond acceptors (Lipinski definition) is 7. The van der Waals surface area contributed by atoms with Gasteiger partial charge in [0.1, 0.15) is 11.6 Å². The number of esters is 1. The number of nitrogens with two attached hydrogens (primary N) is 1. The summed E-state index contributed by atoms with van der Waals surface area (Å²) < 4.78 is 34.1. The van der Waals surface area contributed by atoms with Gasteiger partial charge in [0.2, 0.25) is 0 Å². The molecule has 1 aromatic carbocycles. The summed E-state index contributed by atoms with van der Waals surface area (Å²) in [6.07, 6.45) is 0. The van der Waals surface area contributed by atoms with E-state index in [1.807, 2.05) is 6.92 Å². The maximum atomic E-state index is 11.7. The first-order chi connectivity index (χ1) is 12.0. The topological polar surface area (TPSA) is 124 Å². The summed E-state index contributed by atoms with van der Waals surface area (Å²) in [4.78, 5) is 22.7. The maximum absolute atomic E-state index is 11.7. The molecule has 0 spiro atoms. The molecule has 0 radical (unpaired) electrons. The quantitative estimate of drug-likeness (QED) is 0.564. The predicted octanol–water partition coefficient (Wildman–Crippen LogP) is 2.96. The van der Waals surface area contributed by atoms with E-state index in [-0.39, 0.29) is 10.0 Å². The first kappa shape index (κ1) is 25.6. The Morgan fingerprint density at radius 1 is 1.11 bits per heavy atom. The van der Waals surface area contributed by atoms with Crippen LogP contribution in [0.15, 0.2) is 29.2 Å². The van der Waals surface area contributed by atoms with E-state index in [0.717, 1.165) is 17.3 Å². The standard InChI is InChI=1S/C11H21NO3S.C7H8O3S/c1-7(13)16-11(5,6)8(12)9(14)15-10(2,3)4;1-6-2-4-7(5-3-6)11(8,9)10/h8H,12H2,1-6H3;2-5H,1H3,(H,8,9,10)/t8-;/m1./s1. The van der Waals surface area contributed by atoms with E-state index in [4.69, 9.17) is 15.0 Å². The van der Waals surface area contributed by atoms with Crippen LogP contribution in [0.3, 0.4) is 0 Å². The van der Waals surface area contributed by atoms with Crippen molar-refractivity contribution in [1.82, 2.24) is 0 Å². The molecule has 0 bridgehead atoms. The van der Waals surface area contributed by atoms with Crippen LogP contribution in [0.2, 0.25) is 0 Å². The molecule has 1 atom stereocenters. The van der Waals surface area contributed by atoms with E-state index in [1.54, 1.807) is 46.8 Å². The van der Waals surface area contributed by atoms with Crippen LogP contribution in [-0.4, -0.2) is 40.4 Å². The van der Waals surface area contributed by atoms with Crippen molar-refractivity contribution in [2.75, 3.05) is 0 Å². The minimum absolute atomic E-state index is 0.0657. The molecule has 0 saturated carbocycles. The molecule has 3 N–H and O–H groups in total. The van der Waals surface area contributed by atoms with Gasteiger partial charge in [-0.1, -0.05) is 29.5 Å². The molecule has 9 heteroatoms. The normalized spacial score (nSPS) is 13.2. The number of aryl methyl sites for hydroxylation is 1. The van der Waals surface area contributed by atoms with Crippen LogP contribution in [0.4, 0.5) is 0 Å². The number of rotatable bonds is 4. The van der Waals surface area contributed by atoms with Gasteiger partial charge >= 0.3 is 5.97 Å². The van der Waals surface area contributed by atoms with Gasteiger partial charge in [-0.25, -0.2) is 0 Å². The molecule has 0 aromatic heterocycles. The summed E-state index contributed by atoms with van der Waals surface area (Å²) in [7, 11) is -4.02. The van der Waals surface area contributed by atoms with Crippen LogP contribution in [0, 0.1) is 6.92 Å². The molecular weight excluding hydrogens is 390 g/mol. The third-order valence-corrected chi connectivity index (χ3v) is 5.07. The largest absolute Gasteiger partial charge is 0.459 e. The summed E-state index contributed by atoms with van der Waals surface area (Å²) in [5.41, 5.74) is 6.19. The first-order valence-corrected chi connectivity index (χ1v) is 10.4. The second-order valence-electron chi connectivity index (χ2n) is 7.50. The maximum Gasteiger partial charge on any atom is 0.324 e. The van der Waals surface area contributed by atoms with Crippen molar-refractivity contribution in [3.63, 3.8) is 0 Å². The highest BCUT2D eigenvalue weighted by Gasteiger charge is 2.36. The Morgan fingerprint density at radius 3 is 1.89 bits per heavy atom. The fourth-order valence-corrected chi connectivity index (χ4v) is 3.24. The lowest BCUT2D eigenvalue weighted by Gasteiger charge is -2.30. The zero-order chi connectivity index (χ0) is 21.6. The zero-order valence-corrected chi connectivity index (χ0v) is 18.4. The second-order valence-corrected chi connectivity index (χ2v) is 10.7. The monoisotopic (exact) mass is 419 g/mol. The lowest BCUT2D eigenvalue weighted by Crippen LogP contribution is -2.49. The molecule has 0 saturated heterocycles. The number of ether oxygens (including phenoxy) is 1. The Balaban J connectivity index is 0.000000533. The Labute approximate surface area is 165 Å². The molecule has 154 valence electrons. The van der Waals surface area contributed by atoms with Crippen LogP contribution in [0.25, 0.3) is 0 Å². The number of carbonyl (C=O) groups is 2. The molecule has 27 heavy (non-hydrogen) atoms. The molecule has 1 aromatic rings. The van der Waals surface area contributed by atoms with Crippen molar-refractivity contribution in [3.05, 3.63) is 29.8 Å². The average molecular weight is 420 g/mol. The summed E-state index contributed by atoms with van der Waals surface area (Å²) in [5.74, 6) is -0.480. The van der Waals surface area contributed by atoms with Gasteiger partial charge in [-0.3, -0.25) is 14.1 Å². The van der Waals surface area contributed by atoms with Gasteiger partial charge in [-0.2, -0.15) is 8.42 Å². The number of hydrogen-bond donors (Lipinski definition) is 2. The van der Waals surface area contributed by atoms with Gasteiger partial charge in [0, 0.05) is 11.7 Å². The predicted molar refractivity (Wildman–Crippen MR) is 107 cm³/mol. The summed E-state index contributed by atoms with van der Waals surface area (Å²) in [6.45, 7) is 12.2. The molecule has 0 aliphatic carbocycles. The van der Waals surface area contributed by atoms with Gasteiger partial charge in [-0.15, -0.1) is 0 Å². The molecule has 0 heterocycles. The Bertz CT molecular complexity index is 749. The molecule has 0 amide bonds. The Hall–Kier alpha value is -1.42. The number of carbonyl (C=O) groups excluding carboxylic acids is 2. The van der Waals surface area contributed by atoms with Gasteiger partial charge in [-0.05, 0) is 53.7 Å². The van der Waals surface area contributed by atoms with Gasteiger partial charge < -0.3 is 10.5 Å². The van der Waals surface area contributed by atoms with E-state index in [9.17, 15) is 18.0 Å². The fraction of sp³-hybridized carbons (Fsp3) is 0.556. The third kappa shape index (κ3) is 10.5. The summed E-state index contributed by atoms with van der Waals surface area (Å²) >= 11 is 1.05. The molecule has 7 nitrogen and oxygen atoms in total. The zero-order valence-electron chi connectivity index (χ0n) is 16.8. The van der Waals surface area contributed by atoms with E-state index >= 15 is 0 Å². The van der Waals surface area contributed by atoms with Crippen LogP contribution in [0.5, 0.6) is 0 Å². The lowest BCUT2D eigenvalue weighted by atomic mass is 10.0. The molecule has 1 rings (SSSR count). The highest BCUT2D eigenvalue weighted by molar-refractivity contribution is 8.14. The lowest BCUT2D eigenvalue weighted by molar-refractivity contribution is -0.157. The van der Waals surface area contributed by atoms with Crippen molar-refractivity contribution in [2.24, 2.45) is 5.73 Å². The summed E-state index contributed by atoms with van der Waals surface area (Å²) in [6, 6.07) is 5.17. The van der Waals surface area contributed by atoms with E-state index in [2.05, 4.69) is 0 Å². The van der Waals surface area contributed by atoms with Gasteiger partial charge in [0.25, 0.3) is 10.1 Å². The van der Waals surface area contributed by atoms with Gasteiger partial charge in [0.05, 0.1) is 4.90 Å². The number of benzene rings is 1. The van der Waals surface area contributed by atoms with Crippen molar-refractivity contribution in [1.29, 1.82) is 0 Å². The highest BCUT2D eigenvalue weighted by atomic mass is 32.2. The first-order valence-electron chi connectivity index (χ1n) is 8.18. The van der Waals surface area contributed by atoms with Crippen LogP contribution >= 0.6 is 11.8 Å². The molecule has 0 aliphatic heterocycles. The average Bonchev–Trinajstić information content (AvgIpc) is 2.43. The Morgan fingerprint density at radius 2 is 1.56 bits per heavy atom. The molecule has 0 fully saturated rings. The van der Waals surface area contributed by atoms with E-state index in [0.29, 0.717) is 0 Å². The van der Waals surface area contributed by atoms with Crippen molar-refractivity contribution < 1.29 is 27.3 Å². The van der Waals surface area contributed by atoms with E-state index in [1.165, 1.54) is 19.1 Å². The smallest absolute Gasteiger partial charge is 0.324 e. The fourth-order valence-electron chi connectivity index (χ4n) is 1.79. The van der Waals surface area contributed by atoms with Gasteiger partial charge in [0.15, 0.2) is 5.12 Å². The Kier molecular flexibility index (Phi) is 9.17. The minimum atomic E-state index is -4.02. The minimum Gasteiger partial charge on any atom is -0.459 e. The third-order valence-electron chi connectivity index (χ3n) is 3.14. The van der Waals surface area contributed by atoms with Crippen molar-refractivity contribution in [3.8, 4) is 0 Å². The highest BCUT2D eigenvalue weighted by Crippen LogP contribution is 2.29. The molecule has 0 unspecified atom stereocenters. The van der Waals surface area contributed by atoms with Crippen LogP contribution < -0.4 is 5.73 Å². The van der Waals surface area contributed by atoms with E-state index < -0.39 is 32.5 Å². The summed E-state index contributed by atoms with van der Waals surface area (Å²) in [5, 5.41) is -0.0657. The van der Waals surface area contributed by atoms with Crippen LogP contribution in [0.1, 0.15) is 47.1 Å². The number of thioether (sulfide) groups is 1. The van der Waals surface area contributed by atoms with Crippen molar-refractivity contribution >= 4 is 33.0 Å². The SMILES string of the molecule is CC(=O)SC(C)(C)[C@H](N)C(=O)OC(C)(C)C.Cc1ccc(S(=O)(=O)O)cc1.